The number of carbonyl (C=O) groups excluding carboxylic acids is 2. The summed E-state index contributed by atoms with van der Waals surface area (Å²) in [6, 6.07) is -0.714. The molecule has 0 aromatic carbocycles. The maximum atomic E-state index is 13.2. The van der Waals surface area contributed by atoms with Crippen LogP contribution in [-0.2, 0) is 14.3 Å². The molecule has 0 rings (SSSR count). The molecule has 0 aliphatic heterocycles. The number of esters is 1. The first kappa shape index (κ1) is 55.6. The molecule has 6 nitrogen and oxygen atoms in total. The van der Waals surface area contributed by atoms with Crippen LogP contribution in [0.15, 0.2) is 60.8 Å². The van der Waals surface area contributed by atoms with Crippen LogP contribution in [0, 0.1) is 0 Å². The Labute approximate surface area is 358 Å². The molecule has 0 aromatic rings. The number of rotatable bonds is 43. The number of hydrogen-bond donors (Lipinski definition) is 3. The Bertz CT molecular complexity index is 1050. The molecule has 3 unspecified atom stereocenters. The third-order valence-electron chi connectivity index (χ3n) is 11.0. The predicted molar refractivity (Wildman–Crippen MR) is 250 cm³/mol. The number of nitrogens with one attached hydrogen (secondary N) is 1. The summed E-state index contributed by atoms with van der Waals surface area (Å²) < 4.78 is 5.90. The van der Waals surface area contributed by atoms with E-state index in [2.05, 4.69) is 50.4 Å². The van der Waals surface area contributed by atoms with Crippen molar-refractivity contribution in [3.8, 4) is 0 Å². The molecule has 0 saturated carbocycles. The van der Waals surface area contributed by atoms with Crippen LogP contribution in [0.3, 0.4) is 0 Å². The lowest BCUT2D eigenvalue weighted by Crippen LogP contribution is -2.46. The highest BCUT2D eigenvalue weighted by Gasteiger charge is 2.24. The number of aliphatic hydroxyl groups excluding tert-OH is 2. The fraction of sp³-hybridized carbons (Fsp3) is 0.769. The minimum absolute atomic E-state index is 0.0499. The molecular formula is C52H93NO5. The van der Waals surface area contributed by atoms with E-state index in [0.717, 1.165) is 70.6 Å². The van der Waals surface area contributed by atoms with Crippen LogP contribution in [0.4, 0.5) is 0 Å². The molecule has 0 saturated heterocycles. The largest absolute Gasteiger partial charge is 0.462 e. The fourth-order valence-corrected chi connectivity index (χ4v) is 7.22. The summed E-state index contributed by atoms with van der Waals surface area (Å²) in [5.41, 5.74) is 0. The van der Waals surface area contributed by atoms with E-state index in [1.54, 1.807) is 0 Å². The van der Waals surface area contributed by atoms with Crippen LogP contribution in [-0.4, -0.2) is 46.9 Å². The van der Waals surface area contributed by atoms with Gasteiger partial charge in [-0.2, -0.15) is 0 Å². The van der Waals surface area contributed by atoms with Gasteiger partial charge in [0, 0.05) is 6.42 Å². The van der Waals surface area contributed by atoms with Crippen molar-refractivity contribution in [2.75, 3.05) is 6.61 Å². The van der Waals surface area contributed by atoms with Gasteiger partial charge in [0.15, 0.2) is 0 Å². The molecule has 3 N–H and O–H groups in total. The molecule has 1 amide bonds. The summed E-state index contributed by atoms with van der Waals surface area (Å²) in [4.78, 5) is 26.1. The van der Waals surface area contributed by atoms with Crippen molar-refractivity contribution in [1.82, 2.24) is 5.32 Å². The van der Waals surface area contributed by atoms with Gasteiger partial charge in [-0.3, -0.25) is 9.59 Å². The molecule has 0 heterocycles. The lowest BCUT2D eigenvalue weighted by Gasteiger charge is -2.24. The SMILES string of the molecule is CCC/C=C/C=C/C=C/C=C/C=C/CCCCCC(CC(=O)NC(CO)C(O)CCCCCCCCCCCCC)OC(=O)CCCCCCCCCCCCCC. The molecule has 6 heteroatoms. The van der Waals surface area contributed by atoms with Crippen LogP contribution in [0.25, 0.3) is 0 Å². The number of unbranched alkanes of at least 4 members (excludes halogenated alkanes) is 25. The second kappa shape index (κ2) is 45.6. The average Bonchev–Trinajstić information content (AvgIpc) is 3.22. The topological polar surface area (TPSA) is 95.9 Å². The van der Waals surface area contributed by atoms with E-state index in [9.17, 15) is 19.8 Å². The smallest absolute Gasteiger partial charge is 0.306 e. The minimum atomic E-state index is -0.798. The quantitative estimate of drug-likeness (QED) is 0.0324. The van der Waals surface area contributed by atoms with Crippen LogP contribution in [0.1, 0.15) is 233 Å². The van der Waals surface area contributed by atoms with Crippen molar-refractivity contribution in [1.29, 1.82) is 0 Å². The molecule has 0 aromatic heterocycles. The highest BCUT2D eigenvalue weighted by molar-refractivity contribution is 5.77. The van der Waals surface area contributed by atoms with E-state index < -0.39 is 18.2 Å². The second-order valence-electron chi connectivity index (χ2n) is 16.6. The van der Waals surface area contributed by atoms with E-state index in [1.807, 2.05) is 36.5 Å². The Morgan fingerprint density at radius 1 is 0.500 bits per heavy atom. The molecule has 336 valence electrons. The number of ether oxygens (including phenoxy) is 1. The van der Waals surface area contributed by atoms with Gasteiger partial charge in [-0.1, -0.05) is 236 Å². The number of amides is 1. The standard InChI is InChI=1S/C52H93NO5/c1-4-7-10-13-16-19-22-24-25-26-27-29-31-34-37-40-43-48(58-52(57)45-42-39-36-33-30-23-20-17-14-11-8-5-2)46-51(56)53-49(47-54)50(55)44-41-38-35-32-28-21-18-15-12-9-6-3/h10,13,16,19,22,24-27,29,48-50,54-55H,4-9,11-12,14-15,17-18,20-21,23,28,30-47H2,1-3H3,(H,53,56)/b13-10+,19-16+,24-22+,26-25+,29-27+. The summed E-state index contributed by atoms with van der Waals surface area (Å²) in [5, 5.41) is 23.7. The Hall–Kier alpha value is -2.44. The summed E-state index contributed by atoms with van der Waals surface area (Å²) in [7, 11) is 0. The first-order valence-corrected chi connectivity index (χ1v) is 24.6. The van der Waals surface area contributed by atoms with E-state index in [1.165, 1.54) is 116 Å². The molecule has 0 bridgehead atoms. The minimum Gasteiger partial charge on any atom is -0.462 e. The molecular weight excluding hydrogens is 719 g/mol. The van der Waals surface area contributed by atoms with Crippen LogP contribution in [0.2, 0.25) is 0 Å². The Kier molecular flexibility index (Phi) is 43.7. The second-order valence-corrected chi connectivity index (χ2v) is 16.6. The number of carbonyl (C=O) groups is 2. The lowest BCUT2D eigenvalue weighted by atomic mass is 10.0. The van der Waals surface area contributed by atoms with E-state index in [-0.39, 0.29) is 24.9 Å². The van der Waals surface area contributed by atoms with Crippen molar-refractivity contribution in [2.45, 2.75) is 251 Å². The first-order chi connectivity index (χ1) is 28.5. The molecule has 0 radical (unpaired) electrons. The Morgan fingerprint density at radius 2 is 0.914 bits per heavy atom. The average molecular weight is 812 g/mol. The van der Waals surface area contributed by atoms with Gasteiger partial charge >= 0.3 is 5.97 Å². The Morgan fingerprint density at radius 3 is 1.40 bits per heavy atom. The molecule has 0 fully saturated rings. The third-order valence-corrected chi connectivity index (χ3v) is 11.0. The number of aliphatic hydroxyl groups is 2. The van der Waals surface area contributed by atoms with Gasteiger partial charge in [0.25, 0.3) is 0 Å². The third kappa shape index (κ3) is 40.3. The summed E-state index contributed by atoms with van der Waals surface area (Å²) in [5.74, 6) is -0.514. The predicted octanol–water partition coefficient (Wildman–Crippen LogP) is 14.5. The first-order valence-electron chi connectivity index (χ1n) is 24.6. The zero-order valence-electron chi connectivity index (χ0n) is 38.2. The van der Waals surface area contributed by atoms with Crippen LogP contribution in [0.5, 0.6) is 0 Å². The fourth-order valence-electron chi connectivity index (χ4n) is 7.22. The molecule has 3 atom stereocenters. The Balaban J connectivity index is 4.70. The van der Waals surface area contributed by atoms with E-state index in [0.29, 0.717) is 19.3 Å². The molecule has 0 aliphatic rings. The van der Waals surface area contributed by atoms with Gasteiger partial charge in [0.1, 0.15) is 6.10 Å². The molecule has 0 aliphatic carbocycles. The van der Waals surface area contributed by atoms with Crippen molar-refractivity contribution in [3.63, 3.8) is 0 Å². The van der Waals surface area contributed by atoms with Crippen molar-refractivity contribution in [2.24, 2.45) is 0 Å². The van der Waals surface area contributed by atoms with Crippen LogP contribution >= 0.6 is 0 Å². The van der Waals surface area contributed by atoms with Crippen molar-refractivity contribution < 1.29 is 24.5 Å². The van der Waals surface area contributed by atoms with Gasteiger partial charge in [0.05, 0.1) is 25.2 Å². The van der Waals surface area contributed by atoms with Crippen LogP contribution < -0.4 is 5.32 Å². The number of allylic oxidation sites excluding steroid dienone is 10. The van der Waals surface area contributed by atoms with Gasteiger partial charge < -0.3 is 20.3 Å². The summed E-state index contributed by atoms with van der Waals surface area (Å²) in [6.45, 7) is 6.37. The monoisotopic (exact) mass is 812 g/mol. The zero-order chi connectivity index (χ0) is 42.4. The van der Waals surface area contributed by atoms with Gasteiger partial charge in [-0.05, 0) is 44.9 Å². The summed E-state index contributed by atoms with van der Waals surface area (Å²) in [6.07, 6.45) is 55.6. The van der Waals surface area contributed by atoms with E-state index in [4.69, 9.17) is 4.74 Å². The van der Waals surface area contributed by atoms with E-state index >= 15 is 0 Å². The maximum absolute atomic E-state index is 13.2. The van der Waals surface area contributed by atoms with Gasteiger partial charge in [-0.15, -0.1) is 0 Å². The molecule has 0 spiro atoms. The van der Waals surface area contributed by atoms with Crippen molar-refractivity contribution >= 4 is 11.9 Å². The maximum Gasteiger partial charge on any atom is 0.306 e. The van der Waals surface area contributed by atoms with Gasteiger partial charge in [0.2, 0.25) is 5.91 Å². The zero-order valence-corrected chi connectivity index (χ0v) is 38.2. The highest BCUT2D eigenvalue weighted by Crippen LogP contribution is 2.17. The van der Waals surface area contributed by atoms with Gasteiger partial charge in [-0.25, -0.2) is 0 Å². The highest BCUT2D eigenvalue weighted by atomic mass is 16.5. The summed E-state index contributed by atoms with van der Waals surface area (Å²) >= 11 is 0. The normalized spacial score (nSPS) is 13.8. The number of hydrogen-bond acceptors (Lipinski definition) is 5. The van der Waals surface area contributed by atoms with Crippen molar-refractivity contribution in [3.05, 3.63) is 60.8 Å². The lowest BCUT2D eigenvalue weighted by molar-refractivity contribution is -0.151. The molecule has 58 heavy (non-hydrogen) atoms.